The van der Waals surface area contributed by atoms with Gasteiger partial charge in [-0.2, -0.15) is 24.9 Å². The van der Waals surface area contributed by atoms with E-state index in [0.29, 0.717) is 19.0 Å². The second-order valence-corrected chi connectivity index (χ2v) is 6.06. The largest absolute Gasteiger partial charge is 0.433 e. The maximum atomic E-state index is 12.6. The number of anilines is 1. The van der Waals surface area contributed by atoms with E-state index >= 15 is 0 Å². The highest BCUT2D eigenvalue weighted by molar-refractivity contribution is 14.0. The van der Waals surface area contributed by atoms with Gasteiger partial charge in [0.2, 0.25) is 5.95 Å². The molecule has 0 unspecified atom stereocenters. The number of guanidine groups is 1. The zero-order valence-electron chi connectivity index (χ0n) is 14.9. The third kappa shape index (κ3) is 10.9. The minimum Gasteiger partial charge on any atom is -0.357 e. The van der Waals surface area contributed by atoms with E-state index in [0.717, 1.165) is 43.9 Å². The minimum absolute atomic E-state index is 0. The van der Waals surface area contributed by atoms with E-state index in [-0.39, 0.29) is 29.9 Å². The number of thioether (sulfide) groups is 1. The molecule has 6 nitrogen and oxygen atoms in total. The summed E-state index contributed by atoms with van der Waals surface area (Å²) < 4.78 is 37.8. The van der Waals surface area contributed by atoms with Crippen molar-refractivity contribution in [3.8, 4) is 0 Å². The van der Waals surface area contributed by atoms with Gasteiger partial charge in [0.05, 0.1) is 0 Å². The molecule has 0 spiro atoms. The van der Waals surface area contributed by atoms with E-state index in [1.807, 2.05) is 18.7 Å². The molecule has 3 N–H and O–H groups in total. The lowest BCUT2D eigenvalue weighted by Crippen LogP contribution is -2.39. The van der Waals surface area contributed by atoms with Crippen molar-refractivity contribution in [2.24, 2.45) is 4.99 Å². The van der Waals surface area contributed by atoms with Gasteiger partial charge in [0.15, 0.2) is 5.96 Å². The van der Waals surface area contributed by atoms with Crippen LogP contribution in [0.25, 0.3) is 0 Å². The number of aliphatic imine (C=N–C) groups is 1. The van der Waals surface area contributed by atoms with E-state index in [9.17, 15) is 13.2 Å². The molecule has 0 saturated carbocycles. The topological polar surface area (TPSA) is 74.2 Å². The van der Waals surface area contributed by atoms with Crippen LogP contribution in [0, 0.1) is 0 Å². The van der Waals surface area contributed by atoms with Crippen molar-refractivity contribution in [1.29, 1.82) is 0 Å². The van der Waals surface area contributed by atoms with Crippen LogP contribution in [0.2, 0.25) is 0 Å². The Kier molecular flexibility index (Phi) is 13.6. The molecule has 0 fully saturated rings. The number of rotatable bonds is 10. The quantitative estimate of drug-likeness (QED) is 0.196. The van der Waals surface area contributed by atoms with Crippen molar-refractivity contribution in [2.75, 3.05) is 43.5 Å². The standard InChI is InChI=1S/C15H25F3N6S.HI/c1-3-19-13(20-7-4-5-11-25-2)22-9-10-23-14-21-8-6-12(24-14)15(16,17)18;/h6,8H,3-5,7,9-11H2,1-2H3,(H2,19,20,22)(H,21,23,24);1H. The van der Waals surface area contributed by atoms with Gasteiger partial charge in [-0.05, 0) is 37.8 Å². The molecule has 26 heavy (non-hydrogen) atoms. The number of nitrogens with one attached hydrogen (secondary N) is 3. The number of hydrogen-bond donors (Lipinski definition) is 3. The summed E-state index contributed by atoms with van der Waals surface area (Å²) in [4.78, 5) is 11.7. The molecular weight excluding hydrogens is 480 g/mol. The fourth-order valence-electron chi connectivity index (χ4n) is 1.85. The third-order valence-electron chi connectivity index (χ3n) is 3.02. The van der Waals surface area contributed by atoms with Gasteiger partial charge in [-0.3, -0.25) is 4.99 Å². The Labute approximate surface area is 173 Å². The second kappa shape index (κ2) is 14.1. The molecule has 1 heterocycles. The van der Waals surface area contributed by atoms with Gasteiger partial charge in [0.1, 0.15) is 5.69 Å². The first-order chi connectivity index (χ1) is 12.0. The van der Waals surface area contributed by atoms with E-state index in [1.54, 1.807) is 0 Å². The maximum absolute atomic E-state index is 12.6. The van der Waals surface area contributed by atoms with E-state index in [2.05, 4.69) is 37.2 Å². The first-order valence-electron chi connectivity index (χ1n) is 8.12. The smallest absolute Gasteiger partial charge is 0.357 e. The average molecular weight is 506 g/mol. The van der Waals surface area contributed by atoms with E-state index in [4.69, 9.17) is 0 Å². The summed E-state index contributed by atoms with van der Waals surface area (Å²) >= 11 is 1.82. The SMILES string of the molecule is CCNC(=NCCCCSC)NCCNc1nccc(C(F)(F)F)n1.I. The van der Waals surface area contributed by atoms with Crippen LogP contribution in [0.5, 0.6) is 0 Å². The molecular formula is C15H26F3IN6S. The molecule has 0 atom stereocenters. The molecule has 0 bridgehead atoms. The Balaban J connectivity index is 0.00000625. The van der Waals surface area contributed by atoms with Crippen LogP contribution in [-0.2, 0) is 6.18 Å². The zero-order valence-corrected chi connectivity index (χ0v) is 18.0. The number of alkyl halides is 3. The lowest BCUT2D eigenvalue weighted by molar-refractivity contribution is -0.141. The lowest BCUT2D eigenvalue weighted by atomic mass is 10.3. The summed E-state index contributed by atoms with van der Waals surface area (Å²) in [6.07, 6.45) is 0.840. The molecule has 150 valence electrons. The van der Waals surface area contributed by atoms with E-state index < -0.39 is 11.9 Å². The van der Waals surface area contributed by atoms with Gasteiger partial charge >= 0.3 is 6.18 Å². The second-order valence-electron chi connectivity index (χ2n) is 5.08. The van der Waals surface area contributed by atoms with Crippen molar-refractivity contribution >= 4 is 47.6 Å². The Morgan fingerprint density at radius 1 is 1.23 bits per heavy atom. The van der Waals surface area contributed by atoms with Gasteiger partial charge in [0, 0.05) is 32.4 Å². The van der Waals surface area contributed by atoms with Crippen LogP contribution >= 0.6 is 35.7 Å². The van der Waals surface area contributed by atoms with Gasteiger partial charge in [-0.15, -0.1) is 24.0 Å². The Morgan fingerprint density at radius 3 is 2.65 bits per heavy atom. The zero-order chi connectivity index (χ0) is 18.5. The summed E-state index contributed by atoms with van der Waals surface area (Å²) in [6, 6.07) is 0.844. The maximum Gasteiger partial charge on any atom is 0.433 e. The normalized spacial score (nSPS) is 11.7. The molecule has 0 aliphatic heterocycles. The summed E-state index contributed by atoms with van der Waals surface area (Å²) in [5, 5.41) is 9.02. The van der Waals surface area contributed by atoms with Crippen molar-refractivity contribution in [3.05, 3.63) is 18.0 Å². The number of halogens is 4. The van der Waals surface area contributed by atoms with Crippen LogP contribution in [-0.4, -0.2) is 54.1 Å². The molecule has 0 aromatic carbocycles. The number of aromatic nitrogens is 2. The molecule has 0 aliphatic rings. The molecule has 0 radical (unpaired) electrons. The molecule has 11 heteroatoms. The number of unbranched alkanes of at least 4 members (excludes halogenated alkanes) is 1. The predicted molar refractivity (Wildman–Crippen MR) is 113 cm³/mol. The first kappa shape index (κ1) is 25.0. The van der Waals surface area contributed by atoms with Crippen LogP contribution in [0.15, 0.2) is 17.3 Å². The Hall–Kier alpha value is -0.980. The average Bonchev–Trinajstić information content (AvgIpc) is 2.58. The van der Waals surface area contributed by atoms with Crippen molar-refractivity contribution < 1.29 is 13.2 Å². The molecule has 0 aliphatic carbocycles. The highest BCUT2D eigenvalue weighted by atomic mass is 127. The van der Waals surface area contributed by atoms with Gasteiger partial charge in [0.25, 0.3) is 0 Å². The Bertz CT molecular complexity index is 530. The summed E-state index contributed by atoms with van der Waals surface area (Å²) in [6.45, 7) is 4.30. The lowest BCUT2D eigenvalue weighted by Gasteiger charge is -2.12. The third-order valence-corrected chi connectivity index (χ3v) is 3.71. The first-order valence-corrected chi connectivity index (χ1v) is 9.52. The summed E-state index contributed by atoms with van der Waals surface area (Å²) in [5.74, 6) is 1.77. The number of nitrogens with zero attached hydrogens (tertiary/aromatic N) is 3. The Morgan fingerprint density at radius 2 is 2.00 bits per heavy atom. The fraction of sp³-hybridized carbons (Fsp3) is 0.667. The molecule has 0 saturated heterocycles. The number of hydrogen-bond acceptors (Lipinski definition) is 5. The molecule has 1 rings (SSSR count). The predicted octanol–water partition coefficient (Wildman–Crippen LogP) is 3.22. The van der Waals surface area contributed by atoms with Gasteiger partial charge < -0.3 is 16.0 Å². The highest BCUT2D eigenvalue weighted by Crippen LogP contribution is 2.27. The van der Waals surface area contributed by atoms with Crippen LogP contribution in [0.1, 0.15) is 25.5 Å². The van der Waals surface area contributed by atoms with Crippen LogP contribution in [0.3, 0.4) is 0 Å². The molecule has 0 amide bonds. The monoisotopic (exact) mass is 506 g/mol. The fourth-order valence-corrected chi connectivity index (χ4v) is 2.34. The molecule has 1 aromatic heterocycles. The summed E-state index contributed by atoms with van der Waals surface area (Å²) in [7, 11) is 0. The van der Waals surface area contributed by atoms with Crippen molar-refractivity contribution in [1.82, 2.24) is 20.6 Å². The van der Waals surface area contributed by atoms with Gasteiger partial charge in [-0.25, -0.2) is 9.97 Å². The van der Waals surface area contributed by atoms with E-state index in [1.165, 1.54) is 0 Å². The van der Waals surface area contributed by atoms with Crippen LogP contribution < -0.4 is 16.0 Å². The van der Waals surface area contributed by atoms with Crippen molar-refractivity contribution in [2.45, 2.75) is 25.9 Å². The summed E-state index contributed by atoms with van der Waals surface area (Å²) in [5.41, 5.74) is -0.960. The minimum atomic E-state index is -4.47. The van der Waals surface area contributed by atoms with Crippen LogP contribution in [0.4, 0.5) is 19.1 Å². The van der Waals surface area contributed by atoms with Crippen molar-refractivity contribution in [3.63, 3.8) is 0 Å². The highest BCUT2D eigenvalue weighted by Gasteiger charge is 2.32. The molecule has 1 aromatic rings. The van der Waals surface area contributed by atoms with Gasteiger partial charge in [-0.1, -0.05) is 0 Å².